The number of hydrogen-bond donors (Lipinski definition) is 3. The van der Waals surface area contributed by atoms with Crippen LogP contribution in [0.3, 0.4) is 0 Å². The van der Waals surface area contributed by atoms with E-state index in [9.17, 15) is 0 Å². The Kier molecular flexibility index (Phi) is 2.88. The molecule has 1 atom stereocenters. The summed E-state index contributed by atoms with van der Waals surface area (Å²) < 4.78 is 1.73. The molecule has 9 nitrogen and oxygen atoms in total. The van der Waals surface area contributed by atoms with E-state index in [-0.39, 0.29) is 6.17 Å². The van der Waals surface area contributed by atoms with E-state index in [2.05, 4.69) is 25.5 Å². The van der Waals surface area contributed by atoms with Gasteiger partial charge in [-0.3, -0.25) is 4.98 Å². The van der Waals surface area contributed by atoms with Crippen molar-refractivity contribution in [2.24, 2.45) is 21.5 Å². The van der Waals surface area contributed by atoms with Crippen LogP contribution in [0.25, 0.3) is 0 Å². The first-order chi connectivity index (χ1) is 10.8. The largest absolute Gasteiger partial charge is 0.368 e. The van der Waals surface area contributed by atoms with E-state index >= 15 is 0 Å². The van der Waals surface area contributed by atoms with Gasteiger partial charge in [0, 0.05) is 12.7 Å². The molecule has 112 valence electrons. The van der Waals surface area contributed by atoms with Gasteiger partial charge in [0.15, 0.2) is 17.8 Å². The van der Waals surface area contributed by atoms with Gasteiger partial charge in [-0.2, -0.15) is 15.5 Å². The molecule has 0 fully saturated rings. The van der Waals surface area contributed by atoms with Crippen LogP contribution in [0.4, 0.5) is 5.82 Å². The summed E-state index contributed by atoms with van der Waals surface area (Å²) in [5.74, 6) is 1.70. The number of aliphatic imine (C=N–C) groups is 2. The van der Waals surface area contributed by atoms with Gasteiger partial charge in [0.2, 0.25) is 5.96 Å². The zero-order valence-electron chi connectivity index (χ0n) is 11.7. The average molecular weight is 297 g/mol. The van der Waals surface area contributed by atoms with E-state index in [1.165, 1.54) is 0 Å². The first kappa shape index (κ1) is 12.9. The molecule has 9 heteroatoms. The van der Waals surface area contributed by atoms with Gasteiger partial charge in [-0.05, 0) is 12.1 Å². The Morgan fingerprint density at radius 1 is 1.32 bits per heavy atom. The molecule has 1 unspecified atom stereocenters. The average Bonchev–Trinajstić information content (AvgIpc) is 3.14. The Morgan fingerprint density at radius 3 is 3.00 bits per heavy atom. The second-order valence-corrected chi connectivity index (χ2v) is 4.94. The number of hydrazine groups is 1. The number of nitrogens with zero attached hydrogens (tertiary/aromatic N) is 6. The molecule has 0 radical (unpaired) electrons. The maximum atomic E-state index is 6.04. The zero-order chi connectivity index (χ0) is 15.1. The Morgan fingerprint density at radius 2 is 2.23 bits per heavy atom. The number of nitrogens with one attached hydrogen (secondary N) is 1. The van der Waals surface area contributed by atoms with Crippen LogP contribution in [0.15, 0.2) is 40.6 Å². The molecule has 0 bridgehead atoms. The zero-order valence-corrected chi connectivity index (χ0v) is 11.7. The van der Waals surface area contributed by atoms with Crippen molar-refractivity contribution in [3.8, 4) is 0 Å². The van der Waals surface area contributed by atoms with Crippen LogP contribution in [0, 0.1) is 0 Å². The third-order valence-corrected chi connectivity index (χ3v) is 3.53. The van der Waals surface area contributed by atoms with Crippen molar-refractivity contribution in [1.82, 2.24) is 25.2 Å². The maximum Gasteiger partial charge on any atom is 0.219 e. The van der Waals surface area contributed by atoms with Crippen molar-refractivity contribution < 1.29 is 0 Å². The van der Waals surface area contributed by atoms with Crippen molar-refractivity contribution in [2.45, 2.75) is 12.7 Å². The van der Waals surface area contributed by atoms with Gasteiger partial charge in [0.1, 0.15) is 0 Å². The lowest BCUT2D eigenvalue weighted by Crippen LogP contribution is -2.48. The summed E-state index contributed by atoms with van der Waals surface area (Å²) in [5, 5.41) is 5.97. The van der Waals surface area contributed by atoms with Crippen molar-refractivity contribution in [1.29, 1.82) is 0 Å². The van der Waals surface area contributed by atoms with Gasteiger partial charge in [0.25, 0.3) is 0 Å². The Balaban J connectivity index is 1.76. The molecule has 2 aliphatic rings. The summed E-state index contributed by atoms with van der Waals surface area (Å²) in [5.41, 5.74) is 16.5. The molecule has 4 rings (SSSR count). The molecule has 0 spiro atoms. The van der Waals surface area contributed by atoms with E-state index in [0.717, 1.165) is 11.3 Å². The number of amidine groups is 1. The number of hydrogen-bond acceptors (Lipinski definition) is 8. The van der Waals surface area contributed by atoms with Crippen LogP contribution >= 0.6 is 0 Å². The Labute approximate surface area is 126 Å². The second kappa shape index (κ2) is 4.90. The van der Waals surface area contributed by atoms with Gasteiger partial charge in [-0.25, -0.2) is 14.7 Å². The summed E-state index contributed by atoms with van der Waals surface area (Å²) in [6, 6.07) is 5.69. The molecule has 5 N–H and O–H groups in total. The fourth-order valence-corrected chi connectivity index (χ4v) is 2.53. The van der Waals surface area contributed by atoms with Gasteiger partial charge in [0.05, 0.1) is 24.0 Å². The predicted octanol–water partition coefficient (Wildman–Crippen LogP) is -0.538. The highest BCUT2D eigenvalue weighted by molar-refractivity contribution is 6.14. The number of aromatic nitrogens is 3. The maximum absolute atomic E-state index is 6.04. The minimum absolute atomic E-state index is 0.297. The smallest absolute Gasteiger partial charge is 0.219 e. The highest BCUT2D eigenvalue weighted by Crippen LogP contribution is 2.30. The highest BCUT2D eigenvalue weighted by Gasteiger charge is 2.35. The van der Waals surface area contributed by atoms with Crippen LogP contribution in [-0.2, 0) is 6.54 Å². The van der Waals surface area contributed by atoms with Gasteiger partial charge < -0.3 is 11.5 Å². The molecule has 0 saturated carbocycles. The highest BCUT2D eigenvalue weighted by atomic mass is 15.6. The number of nitrogens with two attached hydrogens (primary N) is 2. The fraction of sp³-hybridized carbons (Fsp3) is 0.231. The fourth-order valence-electron chi connectivity index (χ4n) is 2.53. The van der Waals surface area contributed by atoms with E-state index < -0.39 is 0 Å². The molecular formula is C13H15N9. The molecule has 0 aromatic carbocycles. The number of rotatable bonds is 3. The first-order valence-electron chi connectivity index (χ1n) is 6.93. The lowest BCUT2D eigenvalue weighted by molar-refractivity contribution is 0.409. The molecule has 0 amide bonds. The molecule has 2 aromatic heterocycles. The third kappa shape index (κ3) is 1.87. The summed E-state index contributed by atoms with van der Waals surface area (Å²) in [6.07, 6.45) is 3.17. The van der Waals surface area contributed by atoms with Gasteiger partial charge >= 0.3 is 0 Å². The number of fused-ring (bicyclic) bond motifs is 3. The van der Waals surface area contributed by atoms with Crippen LogP contribution in [0.5, 0.6) is 0 Å². The minimum Gasteiger partial charge on any atom is -0.368 e. The monoisotopic (exact) mass is 297 g/mol. The minimum atomic E-state index is -0.297. The molecule has 2 aliphatic heterocycles. The third-order valence-electron chi connectivity index (χ3n) is 3.53. The first-order valence-corrected chi connectivity index (χ1v) is 6.93. The van der Waals surface area contributed by atoms with Crippen LogP contribution in [0.1, 0.15) is 17.4 Å². The number of guanidine groups is 1. The second-order valence-electron chi connectivity index (χ2n) is 4.94. The molecule has 0 aliphatic carbocycles. The van der Waals surface area contributed by atoms with E-state index in [4.69, 9.17) is 11.5 Å². The van der Waals surface area contributed by atoms with Crippen LogP contribution in [0.2, 0.25) is 0 Å². The van der Waals surface area contributed by atoms with E-state index in [1.807, 2.05) is 18.2 Å². The molecular weight excluding hydrogens is 282 g/mol. The lowest BCUT2D eigenvalue weighted by Gasteiger charge is -2.23. The molecule has 4 heterocycles. The van der Waals surface area contributed by atoms with Crippen molar-refractivity contribution in [3.05, 3.63) is 41.9 Å². The quantitative estimate of drug-likeness (QED) is 0.699. The summed E-state index contributed by atoms with van der Waals surface area (Å²) in [6.45, 7) is 1.06. The summed E-state index contributed by atoms with van der Waals surface area (Å²) in [7, 11) is 0. The van der Waals surface area contributed by atoms with Crippen LogP contribution in [-0.4, -0.2) is 38.1 Å². The standard InChI is InChI=1S/C13H15N9/c14-4-6-21-11-8(7-17-21)12-18-10(9-3-1-2-5-16-9)20-22(12)13(15)19-11/h1-3,5,7,10,20H,4,6,14H2,(H2,15,19). The Hall–Kier alpha value is -2.78. The van der Waals surface area contributed by atoms with Crippen molar-refractivity contribution >= 4 is 17.6 Å². The predicted molar refractivity (Wildman–Crippen MR) is 81.1 cm³/mol. The lowest BCUT2D eigenvalue weighted by atomic mass is 10.2. The van der Waals surface area contributed by atoms with Crippen molar-refractivity contribution in [2.75, 3.05) is 6.54 Å². The van der Waals surface area contributed by atoms with Crippen molar-refractivity contribution in [3.63, 3.8) is 0 Å². The van der Waals surface area contributed by atoms with E-state index in [1.54, 1.807) is 22.1 Å². The SMILES string of the molecule is NCCn1ncc2c1N=C(N)N1NC(c3ccccn3)N=C21. The molecule has 0 saturated heterocycles. The normalized spacial score (nSPS) is 19.5. The Bertz CT molecular complexity index is 761. The molecule has 22 heavy (non-hydrogen) atoms. The van der Waals surface area contributed by atoms with Gasteiger partial charge in [-0.15, -0.1) is 0 Å². The van der Waals surface area contributed by atoms with Gasteiger partial charge in [-0.1, -0.05) is 6.07 Å². The van der Waals surface area contributed by atoms with Crippen LogP contribution < -0.4 is 16.9 Å². The molecule has 2 aromatic rings. The number of pyridine rings is 1. The topological polar surface area (TPSA) is 123 Å². The van der Waals surface area contributed by atoms with E-state index in [0.29, 0.717) is 30.7 Å². The summed E-state index contributed by atoms with van der Waals surface area (Å²) >= 11 is 0. The summed E-state index contributed by atoms with van der Waals surface area (Å²) in [4.78, 5) is 13.4.